The Kier molecular flexibility index (Phi) is 3.49. The maximum Gasteiger partial charge on any atom is 0.407 e. The lowest BCUT2D eigenvalue weighted by molar-refractivity contribution is -0.157. The van der Waals surface area contributed by atoms with Crippen molar-refractivity contribution in [2.75, 3.05) is 6.67 Å². The summed E-state index contributed by atoms with van der Waals surface area (Å²) in [5.41, 5.74) is 5.22. The molecule has 1 aromatic carbocycles. The summed E-state index contributed by atoms with van der Waals surface area (Å²) in [5, 5.41) is 2.19. The summed E-state index contributed by atoms with van der Waals surface area (Å²) in [5.74, 6) is 0. The second-order valence-electron chi connectivity index (χ2n) is 2.79. The van der Waals surface area contributed by atoms with Crippen LogP contribution in [-0.4, -0.2) is 12.8 Å². The number of benzene rings is 1. The third-order valence-electron chi connectivity index (χ3n) is 1.78. The molecule has 1 rings (SSSR count). The highest BCUT2D eigenvalue weighted by molar-refractivity contribution is 5.20. The third-order valence-corrected chi connectivity index (χ3v) is 1.78. The van der Waals surface area contributed by atoms with Crippen LogP contribution in [0.25, 0.3) is 0 Å². The first-order chi connectivity index (χ1) is 6.55. The molecule has 1 unspecified atom stereocenters. The van der Waals surface area contributed by atoms with Crippen molar-refractivity contribution in [1.29, 1.82) is 0 Å². The number of halogens is 3. The molecule has 5 heteroatoms. The highest BCUT2D eigenvalue weighted by atomic mass is 19.4. The van der Waals surface area contributed by atoms with E-state index in [1.807, 2.05) is 0 Å². The largest absolute Gasteiger partial charge is 0.407 e. The van der Waals surface area contributed by atoms with Gasteiger partial charge in [-0.15, -0.1) is 0 Å². The third kappa shape index (κ3) is 2.71. The van der Waals surface area contributed by atoms with Gasteiger partial charge in [-0.05, 0) is 5.56 Å². The van der Waals surface area contributed by atoms with Crippen LogP contribution >= 0.6 is 0 Å². The number of nitrogens with one attached hydrogen (secondary N) is 1. The van der Waals surface area contributed by atoms with Crippen molar-refractivity contribution in [2.45, 2.75) is 12.2 Å². The van der Waals surface area contributed by atoms with E-state index in [1.54, 1.807) is 18.2 Å². The van der Waals surface area contributed by atoms with Crippen LogP contribution in [-0.2, 0) is 0 Å². The first-order valence-electron chi connectivity index (χ1n) is 4.11. The van der Waals surface area contributed by atoms with Gasteiger partial charge in [-0.25, -0.2) is 0 Å². The van der Waals surface area contributed by atoms with Crippen molar-refractivity contribution in [1.82, 2.24) is 5.32 Å². The minimum Gasteiger partial charge on any atom is -0.318 e. The van der Waals surface area contributed by atoms with Crippen molar-refractivity contribution >= 4 is 0 Å². The molecular weight excluding hydrogens is 193 g/mol. The van der Waals surface area contributed by atoms with Gasteiger partial charge in [-0.2, -0.15) is 13.2 Å². The maximum atomic E-state index is 12.5. The van der Waals surface area contributed by atoms with E-state index in [9.17, 15) is 13.2 Å². The van der Waals surface area contributed by atoms with Crippen LogP contribution in [0.5, 0.6) is 0 Å². The maximum absolute atomic E-state index is 12.5. The predicted molar refractivity (Wildman–Crippen MR) is 47.4 cm³/mol. The van der Waals surface area contributed by atoms with Gasteiger partial charge in [0.2, 0.25) is 0 Å². The first kappa shape index (κ1) is 11.0. The second kappa shape index (κ2) is 4.43. The van der Waals surface area contributed by atoms with Gasteiger partial charge in [-0.1, -0.05) is 30.3 Å². The molecule has 14 heavy (non-hydrogen) atoms. The quantitative estimate of drug-likeness (QED) is 0.737. The molecule has 0 saturated carbocycles. The van der Waals surface area contributed by atoms with Crippen LogP contribution in [0.3, 0.4) is 0 Å². The molecule has 0 aliphatic rings. The zero-order chi connectivity index (χ0) is 10.6. The Bertz CT molecular complexity index is 271. The molecule has 0 saturated heterocycles. The summed E-state index contributed by atoms with van der Waals surface area (Å²) in [6, 6.07) is 5.94. The Morgan fingerprint density at radius 2 is 1.79 bits per heavy atom. The van der Waals surface area contributed by atoms with E-state index in [4.69, 9.17) is 5.73 Å². The van der Waals surface area contributed by atoms with E-state index in [0.29, 0.717) is 0 Å². The van der Waals surface area contributed by atoms with E-state index in [0.717, 1.165) is 0 Å². The molecule has 3 N–H and O–H groups in total. The van der Waals surface area contributed by atoms with E-state index in [2.05, 4.69) is 5.32 Å². The topological polar surface area (TPSA) is 38.0 Å². The SMILES string of the molecule is NCNC(c1ccccc1)C(F)(F)F. The molecule has 78 valence electrons. The number of rotatable bonds is 3. The molecule has 0 spiro atoms. The molecule has 2 nitrogen and oxygen atoms in total. The van der Waals surface area contributed by atoms with Gasteiger partial charge in [0.25, 0.3) is 0 Å². The Balaban J connectivity index is 2.89. The lowest BCUT2D eigenvalue weighted by atomic mass is 10.1. The fraction of sp³-hybridized carbons (Fsp3) is 0.333. The molecule has 0 bridgehead atoms. The summed E-state index contributed by atoms with van der Waals surface area (Å²) in [4.78, 5) is 0. The lowest BCUT2D eigenvalue weighted by Crippen LogP contribution is -2.37. The standard InChI is InChI=1S/C9H11F3N2/c10-9(11,12)8(14-6-13)7-4-2-1-3-5-7/h1-5,8,14H,6,13H2. The smallest absolute Gasteiger partial charge is 0.318 e. The molecule has 0 amide bonds. The highest BCUT2D eigenvalue weighted by Gasteiger charge is 2.39. The molecule has 0 heterocycles. The Morgan fingerprint density at radius 3 is 2.21 bits per heavy atom. The normalized spacial score (nSPS) is 14.0. The summed E-state index contributed by atoms with van der Waals surface area (Å²) >= 11 is 0. The number of hydrogen-bond donors (Lipinski definition) is 2. The van der Waals surface area contributed by atoms with Gasteiger partial charge in [0, 0.05) is 6.67 Å². The van der Waals surface area contributed by atoms with Crippen LogP contribution in [0.4, 0.5) is 13.2 Å². The van der Waals surface area contributed by atoms with Crippen molar-refractivity contribution in [2.24, 2.45) is 5.73 Å². The van der Waals surface area contributed by atoms with E-state index in [1.165, 1.54) is 12.1 Å². The van der Waals surface area contributed by atoms with Crippen LogP contribution in [0.2, 0.25) is 0 Å². The molecule has 1 atom stereocenters. The average molecular weight is 204 g/mol. The summed E-state index contributed by atoms with van der Waals surface area (Å²) in [6.07, 6.45) is -4.32. The molecule has 0 radical (unpaired) electrons. The van der Waals surface area contributed by atoms with Crippen LogP contribution < -0.4 is 11.1 Å². The Hall–Kier alpha value is -1.07. The minimum absolute atomic E-state index is 0.172. The fourth-order valence-corrected chi connectivity index (χ4v) is 1.19. The van der Waals surface area contributed by atoms with Gasteiger partial charge in [0.15, 0.2) is 0 Å². The molecule has 0 aliphatic heterocycles. The van der Waals surface area contributed by atoms with Crippen molar-refractivity contribution in [3.05, 3.63) is 35.9 Å². The summed E-state index contributed by atoms with van der Waals surface area (Å²) < 4.78 is 37.4. The van der Waals surface area contributed by atoms with Gasteiger partial charge >= 0.3 is 6.18 Å². The van der Waals surface area contributed by atoms with Crippen molar-refractivity contribution in [3.8, 4) is 0 Å². The van der Waals surface area contributed by atoms with E-state index in [-0.39, 0.29) is 12.2 Å². The van der Waals surface area contributed by atoms with E-state index < -0.39 is 12.2 Å². The number of nitrogens with two attached hydrogens (primary N) is 1. The van der Waals surface area contributed by atoms with E-state index >= 15 is 0 Å². The minimum atomic E-state index is -4.32. The van der Waals surface area contributed by atoms with Gasteiger partial charge in [0.1, 0.15) is 6.04 Å². The predicted octanol–water partition coefficient (Wildman–Crippen LogP) is 1.80. The van der Waals surface area contributed by atoms with Crippen LogP contribution in [0.1, 0.15) is 11.6 Å². The Morgan fingerprint density at radius 1 is 1.21 bits per heavy atom. The second-order valence-corrected chi connectivity index (χ2v) is 2.79. The first-order valence-corrected chi connectivity index (χ1v) is 4.11. The molecule has 0 aliphatic carbocycles. The van der Waals surface area contributed by atoms with Gasteiger partial charge in [0.05, 0.1) is 0 Å². The number of hydrogen-bond acceptors (Lipinski definition) is 2. The van der Waals surface area contributed by atoms with Crippen LogP contribution in [0.15, 0.2) is 30.3 Å². The summed E-state index contributed by atoms with van der Waals surface area (Å²) in [7, 11) is 0. The zero-order valence-electron chi connectivity index (χ0n) is 7.38. The average Bonchev–Trinajstić information content (AvgIpc) is 2.14. The highest BCUT2D eigenvalue weighted by Crippen LogP contribution is 2.31. The zero-order valence-corrected chi connectivity index (χ0v) is 7.38. The van der Waals surface area contributed by atoms with Crippen molar-refractivity contribution < 1.29 is 13.2 Å². The monoisotopic (exact) mass is 204 g/mol. The summed E-state index contributed by atoms with van der Waals surface area (Å²) in [6.45, 7) is -0.209. The van der Waals surface area contributed by atoms with Gasteiger partial charge in [-0.3, -0.25) is 5.32 Å². The number of alkyl halides is 3. The van der Waals surface area contributed by atoms with Crippen molar-refractivity contribution in [3.63, 3.8) is 0 Å². The molecule has 1 aromatic rings. The molecule has 0 aromatic heterocycles. The Labute approximate surface area is 79.9 Å². The van der Waals surface area contributed by atoms with Crippen LogP contribution in [0, 0.1) is 0 Å². The molecular formula is C9H11F3N2. The molecule has 0 fully saturated rings. The van der Waals surface area contributed by atoms with Gasteiger partial charge < -0.3 is 5.73 Å². The fourth-order valence-electron chi connectivity index (χ4n) is 1.19. The lowest BCUT2D eigenvalue weighted by Gasteiger charge is -2.20.